The minimum atomic E-state index is -0.433. The molecular formula is C27H28FNO3S. The van der Waals surface area contributed by atoms with Crippen LogP contribution < -0.4 is 9.46 Å². The van der Waals surface area contributed by atoms with E-state index in [1.54, 1.807) is 18.2 Å². The van der Waals surface area contributed by atoms with E-state index in [0.29, 0.717) is 28.5 Å². The summed E-state index contributed by atoms with van der Waals surface area (Å²) in [6.07, 6.45) is 6.45. The molecule has 1 aliphatic carbocycles. The van der Waals surface area contributed by atoms with Crippen molar-refractivity contribution in [3.05, 3.63) is 77.6 Å². The summed E-state index contributed by atoms with van der Waals surface area (Å²) in [7, 11) is 2.86. The van der Waals surface area contributed by atoms with Gasteiger partial charge < -0.3 is 14.2 Å². The molecule has 0 amide bonds. The zero-order valence-corrected chi connectivity index (χ0v) is 19.7. The standard InChI is InChI=1S/C27H28FNO3S/c1-31-26-16-21(27(30)32-2)12-15-25(26)29-33-22-13-14-23(24(28)17-22)20-10-8-19(9-11-20)18-6-4-3-5-7-18/h8-18,29H,3-7H2,1-2H3. The van der Waals surface area contributed by atoms with E-state index in [-0.39, 0.29) is 5.82 Å². The van der Waals surface area contributed by atoms with Gasteiger partial charge in [0, 0.05) is 10.5 Å². The van der Waals surface area contributed by atoms with Gasteiger partial charge in [-0.1, -0.05) is 49.6 Å². The van der Waals surface area contributed by atoms with Crippen molar-refractivity contribution >= 4 is 23.6 Å². The summed E-state index contributed by atoms with van der Waals surface area (Å²) < 4.78 is 28.2. The number of benzene rings is 3. The van der Waals surface area contributed by atoms with Crippen LogP contribution in [0.5, 0.6) is 5.75 Å². The Bertz CT molecular complexity index is 1110. The van der Waals surface area contributed by atoms with Gasteiger partial charge >= 0.3 is 5.97 Å². The van der Waals surface area contributed by atoms with Gasteiger partial charge in [-0.3, -0.25) is 0 Å². The summed E-state index contributed by atoms with van der Waals surface area (Å²) in [6.45, 7) is 0. The normalized spacial score (nSPS) is 14.0. The summed E-state index contributed by atoms with van der Waals surface area (Å²) in [4.78, 5) is 12.4. The van der Waals surface area contributed by atoms with Gasteiger partial charge in [0.2, 0.25) is 0 Å². The lowest BCUT2D eigenvalue weighted by Crippen LogP contribution is -2.04. The molecule has 0 bridgehead atoms. The van der Waals surface area contributed by atoms with Crippen molar-refractivity contribution in [1.29, 1.82) is 0 Å². The molecule has 0 atom stereocenters. The van der Waals surface area contributed by atoms with Crippen molar-refractivity contribution in [1.82, 2.24) is 0 Å². The molecule has 6 heteroatoms. The molecule has 0 radical (unpaired) electrons. The van der Waals surface area contributed by atoms with E-state index in [4.69, 9.17) is 9.47 Å². The molecule has 172 valence electrons. The zero-order chi connectivity index (χ0) is 23.2. The second kappa shape index (κ2) is 10.8. The fraction of sp³-hybridized carbons (Fsp3) is 0.296. The lowest BCUT2D eigenvalue weighted by Gasteiger charge is -2.22. The molecule has 33 heavy (non-hydrogen) atoms. The van der Waals surface area contributed by atoms with Crippen molar-refractivity contribution in [2.45, 2.75) is 42.9 Å². The van der Waals surface area contributed by atoms with Crippen LogP contribution in [0.15, 0.2) is 65.6 Å². The Kier molecular flexibility index (Phi) is 7.55. The highest BCUT2D eigenvalue weighted by Crippen LogP contribution is 2.35. The number of rotatable bonds is 7. The van der Waals surface area contributed by atoms with E-state index < -0.39 is 5.97 Å². The number of methoxy groups -OCH3 is 2. The molecule has 1 aliphatic rings. The van der Waals surface area contributed by atoms with Crippen molar-refractivity contribution in [2.24, 2.45) is 0 Å². The SMILES string of the molecule is COC(=O)c1ccc(NSc2ccc(-c3ccc(C4CCCCC4)cc3)c(F)c2)c(OC)c1. The van der Waals surface area contributed by atoms with Crippen LogP contribution in [0.4, 0.5) is 10.1 Å². The number of hydrogen-bond donors (Lipinski definition) is 1. The van der Waals surface area contributed by atoms with Crippen molar-refractivity contribution in [3.8, 4) is 16.9 Å². The van der Waals surface area contributed by atoms with Gasteiger partial charge in [0.05, 0.1) is 25.5 Å². The van der Waals surface area contributed by atoms with Crippen LogP contribution in [0, 0.1) is 5.82 Å². The van der Waals surface area contributed by atoms with Crippen LogP contribution >= 0.6 is 11.9 Å². The molecule has 0 heterocycles. The third-order valence-electron chi connectivity index (χ3n) is 6.14. The lowest BCUT2D eigenvalue weighted by molar-refractivity contribution is 0.0600. The van der Waals surface area contributed by atoms with E-state index >= 15 is 0 Å². The quantitative estimate of drug-likeness (QED) is 0.290. The van der Waals surface area contributed by atoms with Gasteiger partial charge in [-0.25, -0.2) is 9.18 Å². The Labute approximate surface area is 198 Å². The van der Waals surface area contributed by atoms with E-state index in [0.717, 1.165) is 10.5 Å². The van der Waals surface area contributed by atoms with Crippen molar-refractivity contribution in [3.63, 3.8) is 0 Å². The fourth-order valence-corrected chi connectivity index (χ4v) is 4.99. The minimum Gasteiger partial charge on any atom is -0.495 e. The Hall–Kier alpha value is -2.99. The van der Waals surface area contributed by atoms with E-state index in [2.05, 4.69) is 16.9 Å². The molecule has 0 aromatic heterocycles. The Morgan fingerprint density at radius 1 is 0.970 bits per heavy atom. The molecule has 1 saturated carbocycles. The summed E-state index contributed by atoms with van der Waals surface area (Å²) in [5.41, 5.74) is 3.92. The van der Waals surface area contributed by atoms with E-state index in [1.165, 1.54) is 69.9 Å². The van der Waals surface area contributed by atoms with Crippen LogP contribution in [0.3, 0.4) is 0 Å². The number of halogens is 1. The predicted molar refractivity (Wildman–Crippen MR) is 131 cm³/mol. The second-order valence-electron chi connectivity index (χ2n) is 8.21. The first-order chi connectivity index (χ1) is 16.1. The highest BCUT2D eigenvalue weighted by Gasteiger charge is 2.16. The maximum atomic E-state index is 14.9. The Balaban J connectivity index is 1.44. The third-order valence-corrected chi connectivity index (χ3v) is 6.95. The minimum absolute atomic E-state index is 0.264. The average Bonchev–Trinajstić information content (AvgIpc) is 2.87. The number of esters is 1. The second-order valence-corrected chi connectivity index (χ2v) is 9.09. The molecule has 1 fully saturated rings. The molecule has 0 unspecified atom stereocenters. The number of anilines is 1. The molecule has 0 spiro atoms. The maximum absolute atomic E-state index is 14.9. The number of carbonyl (C=O) groups excluding carboxylic acids is 1. The van der Waals surface area contributed by atoms with Crippen molar-refractivity contribution in [2.75, 3.05) is 18.9 Å². The number of carbonyl (C=O) groups is 1. The molecule has 4 nitrogen and oxygen atoms in total. The van der Waals surface area contributed by atoms with Gasteiger partial charge in [-0.05, 0) is 72.2 Å². The van der Waals surface area contributed by atoms with Crippen LogP contribution in [0.2, 0.25) is 0 Å². The molecule has 1 N–H and O–H groups in total. The monoisotopic (exact) mass is 465 g/mol. The fourth-order valence-electron chi connectivity index (χ4n) is 4.30. The van der Waals surface area contributed by atoms with Crippen LogP contribution in [-0.4, -0.2) is 20.2 Å². The molecular weight excluding hydrogens is 437 g/mol. The number of ether oxygens (including phenoxy) is 2. The van der Waals surface area contributed by atoms with Gasteiger partial charge in [0.25, 0.3) is 0 Å². The van der Waals surface area contributed by atoms with Crippen LogP contribution in [0.1, 0.15) is 53.9 Å². The van der Waals surface area contributed by atoms with Gasteiger partial charge in [-0.15, -0.1) is 0 Å². The average molecular weight is 466 g/mol. The van der Waals surface area contributed by atoms with Gasteiger partial charge in [-0.2, -0.15) is 0 Å². The molecule has 0 saturated heterocycles. The zero-order valence-electron chi connectivity index (χ0n) is 18.9. The maximum Gasteiger partial charge on any atom is 0.337 e. The number of nitrogens with one attached hydrogen (secondary N) is 1. The summed E-state index contributed by atoms with van der Waals surface area (Å²) in [5.74, 6) is 0.443. The molecule has 0 aliphatic heterocycles. The van der Waals surface area contributed by atoms with Crippen LogP contribution in [-0.2, 0) is 4.74 Å². The third kappa shape index (κ3) is 5.50. The lowest BCUT2D eigenvalue weighted by atomic mass is 9.84. The topological polar surface area (TPSA) is 47.6 Å². The number of hydrogen-bond acceptors (Lipinski definition) is 5. The highest BCUT2D eigenvalue weighted by molar-refractivity contribution is 8.00. The Morgan fingerprint density at radius 2 is 1.73 bits per heavy atom. The summed E-state index contributed by atoms with van der Waals surface area (Å²) in [6, 6.07) is 18.6. The molecule has 3 aromatic carbocycles. The first-order valence-corrected chi connectivity index (χ1v) is 12.0. The highest BCUT2D eigenvalue weighted by atomic mass is 32.2. The van der Waals surface area contributed by atoms with Crippen LogP contribution in [0.25, 0.3) is 11.1 Å². The largest absolute Gasteiger partial charge is 0.495 e. The van der Waals surface area contributed by atoms with Crippen molar-refractivity contribution < 1.29 is 18.7 Å². The molecule has 4 rings (SSSR count). The first kappa shape index (κ1) is 23.2. The summed E-state index contributed by atoms with van der Waals surface area (Å²) in [5, 5.41) is 0. The van der Waals surface area contributed by atoms with E-state index in [1.807, 2.05) is 24.3 Å². The first-order valence-electron chi connectivity index (χ1n) is 11.2. The molecule has 3 aromatic rings. The van der Waals surface area contributed by atoms with Gasteiger partial charge in [0.15, 0.2) is 0 Å². The smallest absolute Gasteiger partial charge is 0.337 e. The van der Waals surface area contributed by atoms with Gasteiger partial charge in [0.1, 0.15) is 11.6 Å². The summed E-state index contributed by atoms with van der Waals surface area (Å²) >= 11 is 1.28. The Morgan fingerprint density at radius 3 is 2.39 bits per heavy atom. The van der Waals surface area contributed by atoms with E-state index in [9.17, 15) is 9.18 Å². The predicted octanol–water partition coefficient (Wildman–Crippen LogP) is 7.45.